The Hall–Kier alpha value is -4.01. The summed E-state index contributed by atoms with van der Waals surface area (Å²) < 4.78 is 66.2. The number of sulfone groups is 1. The molecule has 3 rings (SSSR count). The number of nitrogens with one attached hydrogen (secondary N) is 1. The normalized spacial score (nSPS) is 13.8. The molecule has 0 fully saturated rings. The Morgan fingerprint density at radius 3 is 2.35 bits per heavy atom. The Morgan fingerprint density at radius 1 is 1.08 bits per heavy atom. The number of halogens is 3. The second-order valence-electron chi connectivity index (χ2n) is 8.47. The van der Waals surface area contributed by atoms with Crippen LogP contribution in [0.25, 0.3) is 21.7 Å². The van der Waals surface area contributed by atoms with Crippen LogP contribution in [0.5, 0.6) is 0 Å². The molecular weight excluding hydrogens is 509 g/mol. The second kappa shape index (κ2) is 10.2. The van der Waals surface area contributed by atoms with E-state index in [-0.39, 0.29) is 16.4 Å². The first-order valence-corrected chi connectivity index (χ1v) is 12.4. The third-order valence-electron chi connectivity index (χ3n) is 5.39. The predicted molar refractivity (Wildman–Crippen MR) is 133 cm³/mol. The molecule has 7 nitrogen and oxygen atoms in total. The molecule has 192 valence electrons. The molecule has 11 heteroatoms. The van der Waals surface area contributed by atoms with Gasteiger partial charge in [0.05, 0.1) is 22.8 Å². The Balaban J connectivity index is 1.93. The third kappa shape index (κ3) is 6.22. The fourth-order valence-electron chi connectivity index (χ4n) is 3.65. The van der Waals surface area contributed by atoms with E-state index < -0.39 is 44.5 Å². The monoisotopic (exact) mass is 530 g/mol. The maximum atomic E-state index is 13.3. The van der Waals surface area contributed by atoms with E-state index in [4.69, 9.17) is 6.57 Å². The van der Waals surface area contributed by atoms with E-state index >= 15 is 0 Å². The number of hydrogen-bond donors (Lipinski definition) is 2. The van der Waals surface area contributed by atoms with E-state index in [1.807, 2.05) is 0 Å². The molecule has 3 aromatic carbocycles. The summed E-state index contributed by atoms with van der Waals surface area (Å²) in [7, 11) is -4.29. The number of rotatable bonds is 7. The molecule has 0 aliphatic heterocycles. The van der Waals surface area contributed by atoms with E-state index in [1.54, 1.807) is 30.3 Å². The summed E-state index contributed by atoms with van der Waals surface area (Å²) in [4.78, 5) is 26.7. The standard InChI is InChI=1S/C26H21F3N2O5S/c1-16(32)10-11-17-6-4-8-20-19(17)7-5-9-23(20)37(35,36)15-25(2,34)24(33)31-18-12-13-22(30-3)21(14-18)26(27,28)29/h4-14,34H,15H2,1-2H3,(H,31,33)/b11-10+. The number of benzene rings is 3. The first kappa shape index (κ1) is 27.6. The first-order valence-electron chi connectivity index (χ1n) is 10.7. The molecule has 0 heterocycles. The van der Waals surface area contributed by atoms with Gasteiger partial charge in [-0.2, -0.15) is 13.2 Å². The molecule has 0 aliphatic carbocycles. The molecule has 1 amide bonds. The van der Waals surface area contributed by atoms with Crippen LogP contribution in [-0.2, 0) is 25.6 Å². The topological polar surface area (TPSA) is 105 Å². The Bertz CT molecular complexity index is 1570. The van der Waals surface area contributed by atoms with Crippen LogP contribution in [0.3, 0.4) is 0 Å². The fraction of sp³-hybridized carbons (Fsp3) is 0.192. The Labute approximate surface area is 211 Å². The van der Waals surface area contributed by atoms with Gasteiger partial charge in [0.1, 0.15) is 0 Å². The van der Waals surface area contributed by atoms with E-state index in [0.717, 1.165) is 19.1 Å². The largest absolute Gasteiger partial charge is 0.407 e. The van der Waals surface area contributed by atoms with Gasteiger partial charge in [-0.1, -0.05) is 42.5 Å². The quantitative estimate of drug-likeness (QED) is 0.324. The minimum atomic E-state index is -4.86. The van der Waals surface area contributed by atoms with Crippen molar-refractivity contribution in [1.82, 2.24) is 0 Å². The molecule has 0 radical (unpaired) electrons. The minimum absolute atomic E-state index is 0.170. The summed E-state index contributed by atoms with van der Waals surface area (Å²) in [6.45, 7) is 9.18. The van der Waals surface area contributed by atoms with Crippen molar-refractivity contribution in [1.29, 1.82) is 0 Å². The number of ketones is 1. The first-order chi connectivity index (χ1) is 17.2. The summed E-state index contributed by atoms with van der Waals surface area (Å²) in [5, 5.41) is 13.6. The SMILES string of the molecule is [C-]#[N+]c1ccc(NC(=O)C(C)(O)CS(=O)(=O)c2cccc3c(/C=C/C(C)=O)cccc23)cc1C(F)(F)F. The molecule has 0 aliphatic rings. The zero-order valence-electron chi connectivity index (χ0n) is 19.6. The van der Waals surface area contributed by atoms with Crippen LogP contribution in [0.1, 0.15) is 25.0 Å². The van der Waals surface area contributed by atoms with Crippen molar-refractivity contribution in [2.45, 2.75) is 30.5 Å². The van der Waals surface area contributed by atoms with E-state index in [2.05, 4.69) is 10.2 Å². The molecule has 3 aromatic rings. The van der Waals surface area contributed by atoms with Gasteiger partial charge in [0.2, 0.25) is 0 Å². The molecule has 2 N–H and O–H groups in total. The highest BCUT2D eigenvalue weighted by atomic mass is 32.2. The lowest BCUT2D eigenvalue weighted by molar-refractivity contribution is -0.137. The minimum Gasteiger partial charge on any atom is -0.379 e. The van der Waals surface area contributed by atoms with Crippen LogP contribution in [0, 0.1) is 6.57 Å². The van der Waals surface area contributed by atoms with Crippen molar-refractivity contribution in [2.75, 3.05) is 11.1 Å². The number of fused-ring (bicyclic) bond motifs is 1. The highest BCUT2D eigenvalue weighted by molar-refractivity contribution is 7.91. The van der Waals surface area contributed by atoms with Crippen LogP contribution in [0.15, 0.2) is 65.6 Å². The summed E-state index contributed by atoms with van der Waals surface area (Å²) in [6, 6.07) is 11.7. The number of aliphatic hydroxyl groups is 1. The summed E-state index contributed by atoms with van der Waals surface area (Å²) in [5.74, 6) is -2.51. The van der Waals surface area contributed by atoms with Crippen LogP contribution >= 0.6 is 0 Å². The lowest BCUT2D eigenvalue weighted by atomic mass is 10.0. The highest BCUT2D eigenvalue weighted by Gasteiger charge is 2.38. The maximum Gasteiger partial charge on any atom is 0.407 e. The van der Waals surface area contributed by atoms with Crippen molar-refractivity contribution >= 4 is 49.8 Å². The van der Waals surface area contributed by atoms with Gasteiger partial charge in [0.25, 0.3) is 5.91 Å². The molecule has 0 saturated heterocycles. The van der Waals surface area contributed by atoms with Crippen LogP contribution in [0.2, 0.25) is 0 Å². The number of carbonyl (C=O) groups is 2. The number of alkyl halides is 3. The van der Waals surface area contributed by atoms with Crippen molar-refractivity contribution in [3.05, 3.63) is 83.2 Å². The fourth-order valence-corrected chi connectivity index (χ4v) is 5.47. The van der Waals surface area contributed by atoms with Crippen molar-refractivity contribution in [3.63, 3.8) is 0 Å². The average Bonchev–Trinajstić information content (AvgIpc) is 2.80. The summed E-state index contributed by atoms with van der Waals surface area (Å²) in [6.07, 6.45) is -1.99. The number of amides is 1. The molecule has 37 heavy (non-hydrogen) atoms. The molecule has 0 spiro atoms. The summed E-state index contributed by atoms with van der Waals surface area (Å²) in [5.41, 5.74) is -4.26. The zero-order valence-corrected chi connectivity index (χ0v) is 20.4. The lowest BCUT2D eigenvalue weighted by Gasteiger charge is -2.23. The smallest absolute Gasteiger partial charge is 0.379 e. The third-order valence-corrected chi connectivity index (χ3v) is 7.36. The number of carbonyl (C=O) groups excluding carboxylic acids is 2. The van der Waals surface area contributed by atoms with Gasteiger partial charge in [-0.3, -0.25) is 9.59 Å². The second-order valence-corrected chi connectivity index (χ2v) is 10.4. The number of hydrogen-bond acceptors (Lipinski definition) is 5. The van der Waals surface area contributed by atoms with E-state index in [0.29, 0.717) is 22.4 Å². The molecule has 1 unspecified atom stereocenters. The van der Waals surface area contributed by atoms with Crippen LogP contribution < -0.4 is 5.32 Å². The van der Waals surface area contributed by atoms with Gasteiger partial charge in [-0.25, -0.2) is 13.3 Å². The van der Waals surface area contributed by atoms with Gasteiger partial charge in [0.15, 0.2) is 26.9 Å². The number of allylic oxidation sites excluding steroid dienone is 1. The molecule has 0 aromatic heterocycles. The molecule has 0 saturated carbocycles. The Kier molecular flexibility index (Phi) is 7.57. The highest BCUT2D eigenvalue weighted by Crippen LogP contribution is 2.38. The van der Waals surface area contributed by atoms with Gasteiger partial charge in [-0.15, -0.1) is 0 Å². The number of anilines is 1. The molecule has 1 atom stereocenters. The van der Waals surface area contributed by atoms with Gasteiger partial charge >= 0.3 is 6.18 Å². The van der Waals surface area contributed by atoms with Crippen LogP contribution in [-0.4, -0.2) is 36.6 Å². The van der Waals surface area contributed by atoms with Gasteiger partial charge in [0, 0.05) is 11.1 Å². The van der Waals surface area contributed by atoms with Crippen molar-refractivity contribution < 1.29 is 36.3 Å². The average molecular weight is 531 g/mol. The van der Waals surface area contributed by atoms with Crippen LogP contribution in [0.4, 0.5) is 24.5 Å². The van der Waals surface area contributed by atoms with Gasteiger partial charge < -0.3 is 10.4 Å². The van der Waals surface area contributed by atoms with Gasteiger partial charge in [-0.05, 0) is 49.1 Å². The lowest BCUT2D eigenvalue weighted by Crippen LogP contribution is -2.45. The maximum absolute atomic E-state index is 13.3. The zero-order chi connectivity index (χ0) is 27.6. The Morgan fingerprint density at radius 2 is 1.73 bits per heavy atom. The number of nitrogens with zero attached hydrogens (tertiary/aromatic N) is 1. The van der Waals surface area contributed by atoms with Crippen molar-refractivity contribution in [3.8, 4) is 0 Å². The molecule has 0 bridgehead atoms. The molecular formula is C26H21F3N2O5S. The van der Waals surface area contributed by atoms with Crippen molar-refractivity contribution in [2.24, 2.45) is 0 Å². The van der Waals surface area contributed by atoms with E-state index in [9.17, 15) is 36.3 Å². The summed E-state index contributed by atoms with van der Waals surface area (Å²) >= 11 is 0. The predicted octanol–water partition coefficient (Wildman–Crippen LogP) is 5.17. The van der Waals surface area contributed by atoms with E-state index in [1.165, 1.54) is 25.1 Å².